The predicted octanol–water partition coefficient (Wildman–Crippen LogP) is 2.87. The van der Waals surface area contributed by atoms with Crippen molar-refractivity contribution in [2.75, 3.05) is 20.8 Å². The summed E-state index contributed by atoms with van der Waals surface area (Å²) in [7, 11) is 3.31. The van der Waals surface area contributed by atoms with E-state index in [4.69, 9.17) is 9.47 Å². The van der Waals surface area contributed by atoms with Crippen LogP contribution in [0.15, 0.2) is 42.5 Å². The van der Waals surface area contributed by atoms with Crippen molar-refractivity contribution in [2.24, 2.45) is 5.92 Å². The molecule has 0 bridgehead atoms. The second kappa shape index (κ2) is 5.86. The zero-order valence-corrected chi connectivity index (χ0v) is 13.9. The first-order valence-electron chi connectivity index (χ1n) is 8.30. The van der Waals surface area contributed by atoms with Gasteiger partial charge in [0.2, 0.25) is 5.91 Å². The number of rotatable bonds is 3. The summed E-state index contributed by atoms with van der Waals surface area (Å²) in [6.45, 7) is 0.690. The maximum absolute atomic E-state index is 12.5. The van der Waals surface area contributed by atoms with Gasteiger partial charge in [-0.3, -0.25) is 4.79 Å². The lowest BCUT2D eigenvalue weighted by Gasteiger charge is -2.34. The Morgan fingerprint density at radius 3 is 2.42 bits per heavy atom. The zero-order chi connectivity index (χ0) is 16.7. The van der Waals surface area contributed by atoms with Crippen LogP contribution in [0, 0.1) is 5.92 Å². The van der Waals surface area contributed by atoms with Crippen molar-refractivity contribution in [2.45, 2.75) is 18.3 Å². The van der Waals surface area contributed by atoms with Crippen molar-refractivity contribution in [3.05, 3.63) is 59.2 Å². The van der Waals surface area contributed by atoms with Gasteiger partial charge < -0.3 is 14.8 Å². The van der Waals surface area contributed by atoms with Crippen molar-refractivity contribution in [3.8, 4) is 11.5 Å². The molecule has 1 N–H and O–H groups in total. The number of benzene rings is 2. The number of ether oxygens (including phenoxy) is 2. The van der Waals surface area contributed by atoms with Gasteiger partial charge in [-0.15, -0.1) is 0 Å². The fourth-order valence-corrected chi connectivity index (χ4v) is 4.25. The van der Waals surface area contributed by atoms with Crippen molar-refractivity contribution in [1.29, 1.82) is 0 Å². The fourth-order valence-electron chi connectivity index (χ4n) is 4.25. The number of nitrogens with one attached hydrogen (secondary N) is 1. The molecule has 1 saturated heterocycles. The third kappa shape index (κ3) is 2.25. The Hall–Kier alpha value is -2.49. The quantitative estimate of drug-likeness (QED) is 0.945. The number of hydrogen-bond acceptors (Lipinski definition) is 3. The van der Waals surface area contributed by atoms with Crippen LogP contribution in [-0.4, -0.2) is 26.7 Å². The lowest BCUT2D eigenvalue weighted by Crippen LogP contribution is -2.30. The second-order valence-electron chi connectivity index (χ2n) is 6.50. The van der Waals surface area contributed by atoms with E-state index in [1.54, 1.807) is 14.2 Å². The third-order valence-corrected chi connectivity index (χ3v) is 5.38. The molecule has 1 aliphatic carbocycles. The lowest BCUT2D eigenvalue weighted by atomic mass is 9.68. The highest BCUT2D eigenvalue weighted by Gasteiger charge is 2.46. The molecule has 3 atom stereocenters. The lowest BCUT2D eigenvalue weighted by molar-refractivity contribution is -0.123. The fraction of sp³-hybridized carbons (Fsp3) is 0.350. The summed E-state index contributed by atoms with van der Waals surface area (Å²) in [5.74, 6) is 2.01. The summed E-state index contributed by atoms with van der Waals surface area (Å²) in [6.07, 6.45) is 0.842. The first-order chi connectivity index (χ1) is 11.7. The Morgan fingerprint density at radius 1 is 1.00 bits per heavy atom. The number of carbonyl (C=O) groups is 1. The van der Waals surface area contributed by atoms with Crippen LogP contribution in [-0.2, 0) is 11.2 Å². The van der Waals surface area contributed by atoms with E-state index >= 15 is 0 Å². The topological polar surface area (TPSA) is 47.6 Å². The average Bonchev–Trinajstić information content (AvgIpc) is 3.02. The van der Waals surface area contributed by atoms with Gasteiger partial charge >= 0.3 is 0 Å². The summed E-state index contributed by atoms with van der Waals surface area (Å²) < 4.78 is 10.9. The molecule has 2 aliphatic rings. The minimum absolute atomic E-state index is 0.0157. The highest BCUT2D eigenvalue weighted by atomic mass is 16.5. The van der Waals surface area contributed by atoms with E-state index in [0.717, 1.165) is 17.9 Å². The number of carbonyl (C=O) groups excluding carboxylic acids is 1. The monoisotopic (exact) mass is 323 g/mol. The second-order valence-corrected chi connectivity index (χ2v) is 6.50. The third-order valence-electron chi connectivity index (χ3n) is 5.38. The van der Waals surface area contributed by atoms with Crippen LogP contribution < -0.4 is 14.8 Å². The summed E-state index contributed by atoms with van der Waals surface area (Å²) >= 11 is 0. The Kier molecular flexibility index (Phi) is 3.68. The van der Waals surface area contributed by atoms with E-state index in [2.05, 4.69) is 23.5 Å². The SMILES string of the molecule is COc1cc2c(cc1OC)[C@@H]1CNC(=O)[C@@H]1[C@H](c1ccccc1)C2. The molecule has 4 nitrogen and oxygen atoms in total. The molecular formula is C20H21NO3. The maximum Gasteiger partial charge on any atom is 0.224 e. The smallest absolute Gasteiger partial charge is 0.224 e. The van der Waals surface area contributed by atoms with Crippen LogP contribution in [0.2, 0.25) is 0 Å². The summed E-state index contributed by atoms with van der Waals surface area (Å²) in [4.78, 5) is 12.5. The molecule has 2 aromatic carbocycles. The molecule has 1 heterocycles. The van der Waals surface area contributed by atoms with Crippen LogP contribution in [0.3, 0.4) is 0 Å². The van der Waals surface area contributed by atoms with Gasteiger partial charge in [-0.05, 0) is 35.2 Å². The molecular weight excluding hydrogens is 302 g/mol. The molecule has 0 aromatic heterocycles. The van der Waals surface area contributed by atoms with Crippen molar-refractivity contribution >= 4 is 5.91 Å². The molecule has 1 aliphatic heterocycles. The number of amides is 1. The highest BCUT2D eigenvalue weighted by molar-refractivity contribution is 5.84. The van der Waals surface area contributed by atoms with Crippen LogP contribution in [0.25, 0.3) is 0 Å². The predicted molar refractivity (Wildman–Crippen MR) is 91.7 cm³/mol. The van der Waals surface area contributed by atoms with Gasteiger partial charge in [0.05, 0.1) is 20.1 Å². The molecule has 1 amide bonds. The van der Waals surface area contributed by atoms with Crippen LogP contribution in [0.4, 0.5) is 0 Å². The van der Waals surface area contributed by atoms with Gasteiger partial charge in [0.1, 0.15) is 0 Å². The number of fused-ring (bicyclic) bond motifs is 3. The average molecular weight is 323 g/mol. The molecule has 24 heavy (non-hydrogen) atoms. The van der Waals surface area contributed by atoms with Gasteiger partial charge in [0.25, 0.3) is 0 Å². The Bertz CT molecular complexity index is 772. The molecule has 4 rings (SSSR count). The van der Waals surface area contributed by atoms with Crippen molar-refractivity contribution in [3.63, 3.8) is 0 Å². The van der Waals surface area contributed by atoms with Crippen molar-refractivity contribution in [1.82, 2.24) is 5.32 Å². The van der Waals surface area contributed by atoms with E-state index in [-0.39, 0.29) is 23.7 Å². The van der Waals surface area contributed by atoms with E-state index in [0.29, 0.717) is 6.54 Å². The zero-order valence-electron chi connectivity index (χ0n) is 13.9. The summed E-state index contributed by atoms with van der Waals surface area (Å²) in [6, 6.07) is 14.5. The molecule has 0 spiro atoms. The molecule has 2 aromatic rings. The van der Waals surface area contributed by atoms with E-state index in [9.17, 15) is 4.79 Å². The van der Waals surface area contributed by atoms with Gasteiger partial charge in [-0.25, -0.2) is 0 Å². The minimum Gasteiger partial charge on any atom is -0.493 e. The number of methoxy groups -OCH3 is 2. The van der Waals surface area contributed by atoms with Crippen LogP contribution in [0.1, 0.15) is 28.5 Å². The van der Waals surface area contributed by atoms with Crippen LogP contribution >= 0.6 is 0 Å². The first kappa shape index (κ1) is 15.1. The molecule has 4 heteroatoms. The highest BCUT2D eigenvalue weighted by Crippen LogP contribution is 2.49. The Balaban J connectivity index is 1.84. The van der Waals surface area contributed by atoms with Crippen LogP contribution in [0.5, 0.6) is 11.5 Å². The van der Waals surface area contributed by atoms with Crippen molar-refractivity contribution < 1.29 is 14.3 Å². The summed E-state index contributed by atoms with van der Waals surface area (Å²) in [5, 5.41) is 3.06. The molecule has 1 fully saturated rings. The van der Waals surface area contributed by atoms with E-state index in [1.807, 2.05) is 24.3 Å². The normalized spacial score (nSPS) is 24.8. The minimum atomic E-state index is -0.0157. The summed E-state index contributed by atoms with van der Waals surface area (Å²) in [5.41, 5.74) is 3.69. The standard InChI is InChI=1S/C20H21NO3/c1-23-17-9-13-8-15(12-6-4-3-5-7-12)19-16(11-21-20(19)22)14(13)10-18(17)24-2/h3-7,9-10,15-16,19H,8,11H2,1-2H3,(H,21,22)/t15-,16-,19+/m0/s1. The molecule has 0 radical (unpaired) electrons. The van der Waals surface area contributed by atoms with Gasteiger partial charge in [-0.1, -0.05) is 30.3 Å². The largest absolute Gasteiger partial charge is 0.493 e. The first-order valence-corrected chi connectivity index (χ1v) is 8.30. The number of hydrogen-bond donors (Lipinski definition) is 1. The van der Waals surface area contributed by atoms with Gasteiger partial charge in [0.15, 0.2) is 11.5 Å². The van der Waals surface area contributed by atoms with E-state index in [1.165, 1.54) is 16.7 Å². The Labute approximate surface area is 141 Å². The Morgan fingerprint density at radius 2 is 1.71 bits per heavy atom. The maximum atomic E-state index is 12.5. The molecule has 124 valence electrons. The van der Waals surface area contributed by atoms with Gasteiger partial charge in [-0.2, -0.15) is 0 Å². The van der Waals surface area contributed by atoms with E-state index < -0.39 is 0 Å². The molecule has 0 unspecified atom stereocenters. The van der Waals surface area contributed by atoms with Gasteiger partial charge in [0, 0.05) is 18.4 Å². The molecule has 0 saturated carbocycles.